The number of nitrogens with zero attached hydrogens (tertiary/aromatic N) is 1. The average Bonchev–Trinajstić information content (AvgIpc) is 3.21. The van der Waals surface area contributed by atoms with Crippen LogP contribution in [0.3, 0.4) is 0 Å². The van der Waals surface area contributed by atoms with E-state index in [9.17, 15) is 19.5 Å². The van der Waals surface area contributed by atoms with E-state index in [2.05, 4.69) is 5.32 Å². The average molecular weight is 434 g/mol. The summed E-state index contributed by atoms with van der Waals surface area (Å²) in [5.41, 5.74) is 1.63. The molecule has 2 aromatic rings. The van der Waals surface area contributed by atoms with E-state index in [-0.39, 0.29) is 24.1 Å². The molecule has 3 rings (SSSR count). The van der Waals surface area contributed by atoms with E-state index in [1.807, 2.05) is 24.3 Å². The lowest BCUT2D eigenvalue weighted by Gasteiger charge is -2.34. The number of amides is 3. The number of thiophene rings is 1. The maximum absolute atomic E-state index is 12.8. The zero-order valence-corrected chi connectivity index (χ0v) is 17.5. The fraction of sp³-hybridized carbons (Fsp3) is 0.476. The largest absolute Gasteiger partial charge is 0.394 e. The van der Waals surface area contributed by atoms with Gasteiger partial charge < -0.3 is 15.3 Å². The van der Waals surface area contributed by atoms with Crippen LogP contribution in [0.5, 0.6) is 0 Å². The Balaban J connectivity index is 1.50. The topological polar surface area (TPSA) is 119 Å². The molecule has 1 aliphatic rings. The van der Waals surface area contributed by atoms with Gasteiger partial charge in [0.2, 0.25) is 11.8 Å². The molecule has 1 aromatic heterocycles. The molecule has 3 amide bonds. The van der Waals surface area contributed by atoms with Crippen molar-refractivity contribution in [1.29, 1.82) is 0 Å². The molecular weight excluding hydrogens is 406 g/mol. The predicted octanol–water partition coefficient (Wildman–Crippen LogP) is 1.91. The SMILES string of the molecule is O=C(CCCC1CCN(C(=O)[C@@H](CO)NC(=O)c2cc3ccccc3s2)CC1)NO. The number of benzene rings is 1. The van der Waals surface area contributed by atoms with Crippen molar-refractivity contribution in [3.8, 4) is 0 Å². The molecule has 0 aliphatic carbocycles. The van der Waals surface area contributed by atoms with Crippen LogP contribution >= 0.6 is 11.3 Å². The van der Waals surface area contributed by atoms with Crippen molar-refractivity contribution in [2.24, 2.45) is 5.92 Å². The van der Waals surface area contributed by atoms with Gasteiger partial charge in [0.15, 0.2) is 0 Å². The Morgan fingerprint density at radius 2 is 1.93 bits per heavy atom. The van der Waals surface area contributed by atoms with Crippen molar-refractivity contribution in [3.63, 3.8) is 0 Å². The third-order valence-electron chi connectivity index (χ3n) is 5.50. The summed E-state index contributed by atoms with van der Waals surface area (Å²) in [6.45, 7) is 0.668. The van der Waals surface area contributed by atoms with Crippen LogP contribution in [0, 0.1) is 5.92 Å². The summed E-state index contributed by atoms with van der Waals surface area (Å²) < 4.78 is 0.994. The second-order valence-corrected chi connectivity index (χ2v) is 8.64. The fourth-order valence-electron chi connectivity index (χ4n) is 3.78. The second-order valence-electron chi connectivity index (χ2n) is 7.55. The van der Waals surface area contributed by atoms with Crippen molar-refractivity contribution in [3.05, 3.63) is 35.2 Å². The molecule has 0 bridgehead atoms. The van der Waals surface area contributed by atoms with E-state index >= 15 is 0 Å². The van der Waals surface area contributed by atoms with Crippen LogP contribution in [0.4, 0.5) is 0 Å². The van der Waals surface area contributed by atoms with Gasteiger partial charge in [-0.05, 0) is 49.1 Å². The van der Waals surface area contributed by atoms with Gasteiger partial charge in [-0.25, -0.2) is 5.48 Å². The summed E-state index contributed by atoms with van der Waals surface area (Å²) in [7, 11) is 0. The van der Waals surface area contributed by atoms with Crippen molar-refractivity contribution < 1.29 is 24.7 Å². The summed E-state index contributed by atoms with van der Waals surface area (Å²) in [6.07, 6.45) is 3.47. The zero-order valence-electron chi connectivity index (χ0n) is 16.7. The highest BCUT2D eigenvalue weighted by Gasteiger charge is 2.29. The zero-order chi connectivity index (χ0) is 21.5. The molecule has 1 saturated heterocycles. The number of carbonyl (C=O) groups is 3. The molecule has 1 atom stereocenters. The van der Waals surface area contributed by atoms with E-state index in [1.165, 1.54) is 11.3 Å². The Morgan fingerprint density at radius 3 is 2.60 bits per heavy atom. The van der Waals surface area contributed by atoms with Crippen LogP contribution in [0.2, 0.25) is 0 Å². The Kier molecular flexibility index (Phi) is 7.78. The minimum absolute atomic E-state index is 0.273. The first-order valence-corrected chi connectivity index (χ1v) is 11.0. The van der Waals surface area contributed by atoms with Crippen molar-refractivity contribution >= 4 is 39.1 Å². The van der Waals surface area contributed by atoms with Gasteiger partial charge in [0.25, 0.3) is 5.91 Å². The number of fused-ring (bicyclic) bond motifs is 1. The third-order valence-corrected chi connectivity index (χ3v) is 6.62. The Bertz CT molecular complexity index is 859. The lowest BCUT2D eigenvalue weighted by molar-refractivity contribution is -0.135. The quantitative estimate of drug-likeness (QED) is 0.375. The Labute approximate surface area is 178 Å². The first kappa shape index (κ1) is 22.2. The standard InChI is InChI=1S/C21H27N3O5S/c25-13-16(22-20(27)18-12-15-5-1-2-6-17(15)30-18)21(28)24-10-8-14(9-11-24)4-3-7-19(26)23-29/h1-2,5-6,12,14,16,25,29H,3-4,7-11,13H2,(H,22,27)(H,23,26)/t16-/m1/s1. The highest BCUT2D eigenvalue weighted by atomic mass is 32.1. The molecule has 1 fully saturated rings. The van der Waals surface area contributed by atoms with Gasteiger partial charge in [0.05, 0.1) is 11.5 Å². The molecule has 0 unspecified atom stereocenters. The minimum atomic E-state index is -0.965. The van der Waals surface area contributed by atoms with Crippen LogP contribution in [0.1, 0.15) is 41.8 Å². The summed E-state index contributed by atoms with van der Waals surface area (Å²) in [5.74, 6) is -0.602. The van der Waals surface area contributed by atoms with Gasteiger partial charge in [0, 0.05) is 24.2 Å². The van der Waals surface area contributed by atoms with E-state index in [1.54, 1.807) is 16.4 Å². The number of aliphatic hydroxyl groups is 1. The van der Waals surface area contributed by atoms with Crippen LogP contribution in [0.25, 0.3) is 10.1 Å². The van der Waals surface area contributed by atoms with Crippen LogP contribution in [0.15, 0.2) is 30.3 Å². The molecule has 0 spiro atoms. The first-order valence-electron chi connectivity index (χ1n) is 10.1. The summed E-state index contributed by atoms with van der Waals surface area (Å²) in [4.78, 5) is 38.6. The summed E-state index contributed by atoms with van der Waals surface area (Å²) in [6, 6.07) is 8.50. The summed E-state index contributed by atoms with van der Waals surface area (Å²) >= 11 is 1.35. The normalized spacial score (nSPS) is 15.7. The lowest BCUT2D eigenvalue weighted by atomic mass is 9.91. The number of aliphatic hydroxyl groups excluding tert-OH is 1. The van der Waals surface area contributed by atoms with E-state index in [0.717, 1.165) is 29.3 Å². The number of nitrogens with one attached hydrogen (secondary N) is 2. The fourth-order valence-corrected chi connectivity index (χ4v) is 4.74. The number of piperidine rings is 1. The first-order chi connectivity index (χ1) is 14.5. The molecular formula is C21H27N3O5S. The van der Waals surface area contributed by atoms with Gasteiger partial charge in [-0.2, -0.15) is 0 Å². The lowest BCUT2D eigenvalue weighted by Crippen LogP contribution is -2.52. The molecule has 0 saturated carbocycles. The maximum Gasteiger partial charge on any atom is 0.262 e. The molecule has 162 valence electrons. The molecule has 4 N–H and O–H groups in total. The number of hydroxylamine groups is 1. The molecule has 0 radical (unpaired) electrons. The molecule has 1 aliphatic heterocycles. The van der Waals surface area contributed by atoms with E-state index in [4.69, 9.17) is 5.21 Å². The predicted molar refractivity (Wildman–Crippen MR) is 113 cm³/mol. The molecule has 30 heavy (non-hydrogen) atoms. The molecule has 9 heteroatoms. The van der Waals surface area contributed by atoms with Crippen molar-refractivity contribution in [2.45, 2.75) is 38.1 Å². The highest BCUT2D eigenvalue weighted by molar-refractivity contribution is 7.20. The van der Waals surface area contributed by atoms with E-state index < -0.39 is 12.6 Å². The monoisotopic (exact) mass is 433 g/mol. The van der Waals surface area contributed by atoms with Crippen molar-refractivity contribution in [1.82, 2.24) is 15.7 Å². The van der Waals surface area contributed by atoms with Crippen LogP contribution in [-0.2, 0) is 9.59 Å². The molecule has 1 aromatic carbocycles. The smallest absolute Gasteiger partial charge is 0.262 e. The van der Waals surface area contributed by atoms with Crippen molar-refractivity contribution in [2.75, 3.05) is 19.7 Å². The Hall–Kier alpha value is -2.49. The van der Waals surface area contributed by atoms with Gasteiger partial charge in [-0.15, -0.1) is 11.3 Å². The van der Waals surface area contributed by atoms with Gasteiger partial charge in [-0.1, -0.05) is 18.2 Å². The maximum atomic E-state index is 12.8. The van der Waals surface area contributed by atoms with E-state index in [0.29, 0.717) is 30.3 Å². The Morgan fingerprint density at radius 1 is 1.20 bits per heavy atom. The minimum Gasteiger partial charge on any atom is -0.394 e. The second kappa shape index (κ2) is 10.5. The molecule has 2 heterocycles. The van der Waals surface area contributed by atoms with Gasteiger partial charge in [0.1, 0.15) is 6.04 Å². The number of hydrogen-bond donors (Lipinski definition) is 4. The number of carbonyl (C=O) groups excluding carboxylic acids is 3. The van der Waals surface area contributed by atoms with Gasteiger partial charge in [-0.3, -0.25) is 19.6 Å². The summed E-state index contributed by atoms with van der Waals surface area (Å²) in [5, 5.41) is 21.8. The number of hydrogen-bond acceptors (Lipinski definition) is 6. The molecule has 8 nitrogen and oxygen atoms in total. The van der Waals surface area contributed by atoms with Gasteiger partial charge >= 0.3 is 0 Å². The third kappa shape index (κ3) is 5.56. The number of likely N-dealkylation sites (tertiary alicyclic amines) is 1. The van der Waals surface area contributed by atoms with Crippen LogP contribution < -0.4 is 10.8 Å². The highest BCUT2D eigenvalue weighted by Crippen LogP contribution is 2.26. The number of rotatable bonds is 8. The van der Waals surface area contributed by atoms with Crippen LogP contribution in [-0.4, -0.2) is 58.7 Å².